The fourth-order valence-electron chi connectivity index (χ4n) is 1.49. The lowest BCUT2D eigenvalue weighted by atomic mass is 10.2. The smallest absolute Gasteiger partial charge is 0.289 e. The van der Waals surface area contributed by atoms with Gasteiger partial charge in [-0.3, -0.25) is 4.79 Å². The molecular formula is C8H12N4O. The second-order valence-corrected chi connectivity index (χ2v) is 3.44. The standard InChI is InChI=1S/C8H12N4O/c1-5(2)6-10-11-7-8(13)9-3-4-12(6)7/h5H,3-4H2,1-2H3,(H,9,13). The third-order valence-electron chi connectivity index (χ3n) is 2.12. The van der Waals surface area contributed by atoms with Crippen LogP contribution in [0.5, 0.6) is 0 Å². The van der Waals surface area contributed by atoms with E-state index in [0.29, 0.717) is 18.3 Å². The minimum atomic E-state index is -0.120. The number of hydrogen-bond acceptors (Lipinski definition) is 3. The Labute approximate surface area is 76.2 Å². The lowest BCUT2D eigenvalue weighted by Gasteiger charge is -2.16. The summed E-state index contributed by atoms with van der Waals surface area (Å²) < 4.78 is 1.89. The molecule has 0 spiro atoms. The molecule has 0 aliphatic carbocycles. The highest BCUT2D eigenvalue weighted by Crippen LogP contribution is 2.14. The highest BCUT2D eigenvalue weighted by atomic mass is 16.2. The van der Waals surface area contributed by atoms with Gasteiger partial charge in [-0.1, -0.05) is 13.8 Å². The molecule has 1 aliphatic heterocycles. The van der Waals surface area contributed by atoms with Crippen LogP contribution in [-0.4, -0.2) is 27.2 Å². The summed E-state index contributed by atoms with van der Waals surface area (Å²) in [5, 5.41) is 10.6. The molecule has 1 aromatic heterocycles. The Kier molecular flexibility index (Phi) is 1.79. The summed E-state index contributed by atoms with van der Waals surface area (Å²) in [6, 6.07) is 0. The number of aromatic nitrogens is 3. The van der Waals surface area contributed by atoms with Crippen LogP contribution in [0.3, 0.4) is 0 Å². The summed E-state index contributed by atoms with van der Waals surface area (Å²) >= 11 is 0. The second-order valence-electron chi connectivity index (χ2n) is 3.44. The lowest BCUT2D eigenvalue weighted by molar-refractivity contribution is 0.0921. The SMILES string of the molecule is CC(C)c1nnc2n1CCNC2=O. The Hall–Kier alpha value is -1.39. The summed E-state index contributed by atoms with van der Waals surface area (Å²) in [5.74, 6) is 1.53. The predicted molar refractivity (Wildman–Crippen MR) is 46.4 cm³/mol. The molecule has 0 fully saturated rings. The van der Waals surface area contributed by atoms with E-state index in [1.165, 1.54) is 0 Å². The van der Waals surface area contributed by atoms with E-state index in [4.69, 9.17) is 0 Å². The first kappa shape index (κ1) is 8.22. The molecule has 1 N–H and O–H groups in total. The van der Waals surface area contributed by atoms with Gasteiger partial charge in [0, 0.05) is 19.0 Å². The Balaban J connectivity index is 2.47. The predicted octanol–water partition coefficient (Wildman–Crippen LogP) is 0.145. The van der Waals surface area contributed by atoms with Crippen molar-refractivity contribution < 1.29 is 4.79 Å². The van der Waals surface area contributed by atoms with Gasteiger partial charge < -0.3 is 9.88 Å². The summed E-state index contributed by atoms with van der Waals surface area (Å²) in [4.78, 5) is 11.3. The van der Waals surface area contributed by atoms with Crippen LogP contribution in [0.1, 0.15) is 36.2 Å². The first-order chi connectivity index (χ1) is 6.20. The zero-order valence-electron chi connectivity index (χ0n) is 7.74. The van der Waals surface area contributed by atoms with Gasteiger partial charge in [-0.25, -0.2) is 0 Å². The number of rotatable bonds is 1. The topological polar surface area (TPSA) is 59.8 Å². The molecule has 1 aromatic rings. The number of carbonyl (C=O) groups excluding carboxylic acids is 1. The van der Waals surface area contributed by atoms with Crippen molar-refractivity contribution in [1.82, 2.24) is 20.1 Å². The Morgan fingerprint density at radius 2 is 2.23 bits per heavy atom. The maximum Gasteiger partial charge on any atom is 0.289 e. The van der Waals surface area contributed by atoms with Crippen molar-refractivity contribution in [2.75, 3.05) is 6.54 Å². The molecule has 0 radical (unpaired) electrons. The molecule has 13 heavy (non-hydrogen) atoms. The van der Waals surface area contributed by atoms with Crippen LogP contribution in [0, 0.1) is 0 Å². The van der Waals surface area contributed by atoms with Gasteiger partial charge >= 0.3 is 0 Å². The summed E-state index contributed by atoms with van der Waals surface area (Å²) in [6.45, 7) is 5.54. The minimum Gasteiger partial charge on any atom is -0.348 e. The van der Waals surface area contributed by atoms with Crippen molar-refractivity contribution in [3.63, 3.8) is 0 Å². The Morgan fingerprint density at radius 3 is 2.92 bits per heavy atom. The highest BCUT2D eigenvalue weighted by Gasteiger charge is 2.23. The average molecular weight is 180 g/mol. The first-order valence-corrected chi connectivity index (χ1v) is 4.41. The number of amides is 1. The maximum absolute atomic E-state index is 11.3. The molecule has 1 amide bonds. The van der Waals surface area contributed by atoms with Crippen molar-refractivity contribution in [3.8, 4) is 0 Å². The third kappa shape index (κ3) is 1.20. The molecule has 5 nitrogen and oxygen atoms in total. The highest BCUT2D eigenvalue weighted by molar-refractivity contribution is 5.91. The van der Waals surface area contributed by atoms with Crippen LogP contribution >= 0.6 is 0 Å². The monoisotopic (exact) mass is 180 g/mol. The molecule has 0 saturated heterocycles. The number of fused-ring (bicyclic) bond motifs is 1. The molecule has 2 rings (SSSR count). The summed E-state index contributed by atoms with van der Waals surface area (Å²) in [5.41, 5.74) is 0. The zero-order valence-corrected chi connectivity index (χ0v) is 7.74. The third-order valence-corrected chi connectivity index (χ3v) is 2.12. The van der Waals surface area contributed by atoms with Crippen LogP contribution in [0.2, 0.25) is 0 Å². The molecule has 0 saturated carbocycles. The van der Waals surface area contributed by atoms with Crippen LogP contribution in [0.25, 0.3) is 0 Å². The second kappa shape index (κ2) is 2.83. The van der Waals surface area contributed by atoms with Gasteiger partial charge in [0.25, 0.3) is 5.91 Å². The van der Waals surface area contributed by atoms with Gasteiger partial charge in [0.1, 0.15) is 5.82 Å². The van der Waals surface area contributed by atoms with E-state index >= 15 is 0 Å². The van der Waals surface area contributed by atoms with Gasteiger partial charge in [0.15, 0.2) is 0 Å². The van der Waals surface area contributed by atoms with Gasteiger partial charge in [-0.05, 0) is 0 Å². The molecule has 70 valence electrons. The summed E-state index contributed by atoms with van der Waals surface area (Å²) in [7, 11) is 0. The quantitative estimate of drug-likeness (QED) is 0.669. The molecule has 5 heteroatoms. The van der Waals surface area contributed by atoms with Crippen LogP contribution in [0.4, 0.5) is 0 Å². The average Bonchev–Trinajstić information content (AvgIpc) is 2.48. The Morgan fingerprint density at radius 1 is 1.46 bits per heavy atom. The van der Waals surface area contributed by atoms with Crippen LogP contribution < -0.4 is 5.32 Å². The molecule has 0 aromatic carbocycles. The number of hydrogen-bond donors (Lipinski definition) is 1. The van der Waals surface area contributed by atoms with Crippen molar-refractivity contribution in [2.24, 2.45) is 0 Å². The normalized spacial score (nSPS) is 15.8. The van der Waals surface area contributed by atoms with Crippen molar-refractivity contribution in [3.05, 3.63) is 11.6 Å². The van der Waals surface area contributed by atoms with E-state index in [1.54, 1.807) is 0 Å². The molecule has 0 unspecified atom stereocenters. The minimum absolute atomic E-state index is 0.120. The largest absolute Gasteiger partial charge is 0.348 e. The fourth-order valence-corrected chi connectivity index (χ4v) is 1.49. The van der Waals surface area contributed by atoms with E-state index in [0.717, 1.165) is 12.4 Å². The van der Waals surface area contributed by atoms with Crippen molar-refractivity contribution in [2.45, 2.75) is 26.3 Å². The Bertz CT molecular complexity index is 342. The van der Waals surface area contributed by atoms with E-state index in [2.05, 4.69) is 15.5 Å². The van der Waals surface area contributed by atoms with Crippen LogP contribution in [0.15, 0.2) is 0 Å². The lowest BCUT2D eigenvalue weighted by Crippen LogP contribution is -2.36. The van der Waals surface area contributed by atoms with Crippen LogP contribution in [-0.2, 0) is 6.54 Å². The molecular weight excluding hydrogens is 168 g/mol. The fraction of sp³-hybridized carbons (Fsp3) is 0.625. The molecule has 0 bridgehead atoms. The van der Waals surface area contributed by atoms with Crippen molar-refractivity contribution >= 4 is 5.91 Å². The van der Waals surface area contributed by atoms with Gasteiger partial charge in [0.2, 0.25) is 5.82 Å². The maximum atomic E-state index is 11.3. The number of nitrogens with one attached hydrogen (secondary N) is 1. The number of nitrogens with zero attached hydrogens (tertiary/aromatic N) is 3. The number of carbonyl (C=O) groups is 1. The molecule has 0 atom stereocenters. The van der Waals surface area contributed by atoms with Gasteiger partial charge in [0.05, 0.1) is 0 Å². The van der Waals surface area contributed by atoms with E-state index in [1.807, 2.05) is 18.4 Å². The zero-order chi connectivity index (χ0) is 9.42. The van der Waals surface area contributed by atoms with E-state index in [-0.39, 0.29) is 5.91 Å². The van der Waals surface area contributed by atoms with Gasteiger partial charge in [-0.15, -0.1) is 10.2 Å². The first-order valence-electron chi connectivity index (χ1n) is 4.41. The van der Waals surface area contributed by atoms with Gasteiger partial charge in [-0.2, -0.15) is 0 Å². The molecule has 1 aliphatic rings. The van der Waals surface area contributed by atoms with Crippen molar-refractivity contribution in [1.29, 1.82) is 0 Å². The summed E-state index contributed by atoms with van der Waals surface area (Å²) in [6.07, 6.45) is 0. The molecule has 2 heterocycles. The van der Waals surface area contributed by atoms with E-state index in [9.17, 15) is 4.79 Å². The van der Waals surface area contributed by atoms with E-state index < -0.39 is 0 Å².